The van der Waals surface area contributed by atoms with Crippen LogP contribution < -0.4 is 4.90 Å². The van der Waals surface area contributed by atoms with Crippen LogP contribution in [0.2, 0.25) is 0 Å². The predicted octanol–water partition coefficient (Wildman–Crippen LogP) is 4.38. The first-order chi connectivity index (χ1) is 11.2. The standard InChI is InChI=1S/C19H17BrN2O/c20-16-7-8-17-15(12-16)9-11-21(17)13-19(23)22-10-3-5-14-4-1-2-6-18(14)22/h1-2,4,6-9,11-12H,3,5,10,13H2. The van der Waals surface area contributed by atoms with Gasteiger partial charge in [0.1, 0.15) is 6.54 Å². The van der Waals surface area contributed by atoms with Crippen molar-refractivity contribution in [2.45, 2.75) is 19.4 Å². The van der Waals surface area contributed by atoms with E-state index in [4.69, 9.17) is 0 Å². The van der Waals surface area contributed by atoms with E-state index < -0.39 is 0 Å². The van der Waals surface area contributed by atoms with Gasteiger partial charge in [-0.1, -0.05) is 34.1 Å². The Kier molecular flexibility index (Phi) is 3.69. The van der Waals surface area contributed by atoms with Gasteiger partial charge in [0.05, 0.1) is 0 Å². The molecule has 0 fully saturated rings. The van der Waals surface area contributed by atoms with E-state index in [0.717, 1.165) is 40.4 Å². The normalized spacial score (nSPS) is 14.0. The van der Waals surface area contributed by atoms with Gasteiger partial charge in [0.25, 0.3) is 0 Å². The lowest BCUT2D eigenvalue weighted by atomic mass is 10.0. The molecule has 0 spiro atoms. The van der Waals surface area contributed by atoms with Gasteiger partial charge in [-0.15, -0.1) is 0 Å². The van der Waals surface area contributed by atoms with Gasteiger partial charge >= 0.3 is 0 Å². The van der Waals surface area contributed by atoms with E-state index in [0.29, 0.717) is 6.54 Å². The molecule has 0 saturated heterocycles. The summed E-state index contributed by atoms with van der Waals surface area (Å²) >= 11 is 3.49. The van der Waals surface area contributed by atoms with Crippen LogP contribution in [0.1, 0.15) is 12.0 Å². The van der Waals surface area contributed by atoms with Crippen LogP contribution in [0.15, 0.2) is 59.2 Å². The fourth-order valence-corrected chi connectivity index (χ4v) is 3.71. The summed E-state index contributed by atoms with van der Waals surface area (Å²) in [6.07, 6.45) is 4.08. The molecule has 3 aromatic rings. The predicted molar refractivity (Wildman–Crippen MR) is 96.8 cm³/mol. The van der Waals surface area contributed by atoms with Gasteiger partial charge in [-0.05, 0) is 48.7 Å². The van der Waals surface area contributed by atoms with Crippen LogP contribution in [0, 0.1) is 0 Å². The zero-order chi connectivity index (χ0) is 15.8. The molecule has 0 radical (unpaired) electrons. The first-order valence-electron chi connectivity index (χ1n) is 7.85. The minimum Gasteiger partial charge on any atom is -0.338 e. The number of amides is 1. The highest BCUT2D eigenvalue weighted by molar-refractivity contribution is 9.10. The lowest BCUT2D eigenvalue weighted by Gasteiger charge is -2.29. The molecule has 1 aliphatic heterocycles. The lowest BCUT2D eigenvalue weighted by molar-refractivity contribution is -0.119. The van der Waals surface area contributed by atoms with Gasteiger partial charge in [0, 0.05) is 33.8 Å². The average Bonchev–Trinajstić information content (AvgIpc) is 2.96. The van der Waals surface area contributed by atoms with E-state index in [-0.39, 0.29) is 5.91 Å². The van der Waals surface area contributed by atoms with Crippen LogP contribution >= 0.6 is 15.9 Å². The van der Waals surface area contributed by atoms with Crippen molar-refractivity contribution in [3.8, 4) is 0 Å². The Labute approximate surface area is 143 Å². The third kappa shape index (κ3) is 2.68. The van der Waals surface area contributed by atoms with Crippen molar-refractivity contribution in [2.75, 3.05) is 11.4 Å². The Bertz CT molecular complexity index is 884. The number of anilines is 1. The fraction of sp³-hybridized carbons (Fsp3) is 0.211. The molecule has 23 heavy (non-hydrogen) atoms. The average molecular weight is 369 g/mol. The second-order valence-electron chi connectivity index (χ2n) is 5.92. The second kappa shape index (κ2) is 5.85. The Balaban J connectivity index is 1.63. The molecule has 1 aromatic heterocycles. The fourth-order valence-electron chi connectivity index (χ4n) is 3.33. The Morgan fingerprint density at radius 3 is 2.91 bits per heavy atom. The molecule has 2 heterocycles. The van der Waals surface area contributed by atoms with Crippen molar-refractivity contribution in [1.82, 2.24) is 4.57 Å². The molecule has 116 valence electrons. The van der Waals surface area contributed by atoms with Gasteiger partial charge in [-0.2, -0.15) is 0 Å². The topological polar surface area (TPSA) is 25.2 Å². The maximum Gasteiger partial charge on any atom is 0.246 e. The number of aromatic nitrogens is 1. The van der Waals surface area contributed by atoms with Gasteiger partial charge in [-0.25, -0.2) is 0 Å². The number of hydrogen-bond acceptors (Lipinski definition) is 1. The number of hydrogen-bond donors (Lipinski definition) is 0. The van der Waals surface area contributed by atoms with Crippen molar-refractivity contribution in [2.24, 2.45) is 0 Å². The smallest absolute Gasteiger partial charge is 0.246 e. The van der Waals surface area contributed by atoms with Gasteiger partial charge in [0.2, 0.25) is 5.91 Å². The molecule has 0 N–H and O–H groups in total. The van der Waals surface area contributed by atoms with Gasteiger partial charge in [0.15, 0.2) is 0 Å². The molecule has 3 nitrogen and oxygen atoms in total. The number of fused-ring (bicyclic) bond motifs is 2. The molecule has 0 aliphatic carbocycles. The number of carbonyl (C=O) groups is 1. The monoisotopic (exact) mass is 368 g/mol. The molecule has 1 amide bonds. The highest BCUT2D eigenvalue weighted by Crippen LogP contribution is 2.27. The number of aryl methyl sites for hydroxylation is 1. The molecular formula is C19H17BrN2O. The van der Waals surface area contributed by atoms with E-state index in [2.05, 4.69) is 46.3 Å². The van der Waals surface area contributed by atoms with Gasteiger partial charge in [-0.3, -0.25) is 4.79 Å². The van der Waals surface area contributed by atoms with Crippen molar-refractivity contribution in [3.63, 3.8) is 0 Å². The Morgan fingerprint density at radius 2 is 2.00 bits per heavy atom. The largest absolute Gasteiger partial charge is 0.338 e. The van der Waals surface area contributed by atoms with Crippen molar-refractivity contribution in [1.29, 1.82) is 0 Å². The SMILES string of the molecule is O=C(Cn1ccc2cc(Br)ccc21)N1CCCc2ccccc21. The summed E-state index contributed by atoms with van der Waals surface area (Å²) in [5, 5.41) is 1.14. The number of carbonyl (C=O) groups excluding carboxylic acids is 1. The Morgan fingerprint density at radius 1 is 1.13 bits per heavy atom. The number of para-hydroxylation sites is 1. The maximum atomic E-state index is 12.8. The highest BCUT2D eigenvalue weighted by Gasteiger charge is 2.22. The van der Waals surface area contributed by atoms with Crippen LogP contribution in [0.25, 0.3) is 10.9 Å². The lowest BCUT2D eigenvalue weighted by Crippen LogP contribution is -2.37. The van der Waals surface area contributed by atoms with Crippen LogP contribution in [0.5, 0.6) is 0 Å². The third-order valence-corrected chi connectivity index (χ3v) is 4.94. The molecule has 0 bridgehead atoms. The van der Waals surface area contributed by atoms with E-state index in [9.17, 15) is 4.79 Å². The van der Waals surface area contributed by atoms with Crippen LogP contribution in [-0.2, 0) is 17.8 Å². The zero-order valence-electron chi connectivity index (χ0n) is 12.7. The summed E-state index contributed by atoms with van der Waals surface area (Å²) in [5.41, 5.74) is 3.43. The van der Waals surface area contributed by atoms with Crippen molar-refractivity contribution >= 4 is 38.4 Å². The number of halogens is 1. The first kappa shape index (κ1) is 14.5. The van der Waals surface area contributed by atoms with E-state index in [1.165, 1.54) is 5.56 Å². The zero-order valence-corrected chi connectivity index (χ0v) is 14.3. The highest BCUT2D eigenvalue weighted by atomic mass is 79.9. The molecule has 1 aliphatic rings. The van der Waals surface area contributed by atoms with Crippen molar-refractivity contribution < 1.29 is 4.79 Å². The van der Waals surface area contributed by atoms with Crippen LogP contribution in [0.3, 0.4) is 0 Å². The minimum atomic E-state index is 0.151. The summed E-state index contributed by atoms with van der Waals surface area (Å²) in [4.78, 5) is 14.8. The summed E-state index contributed by atoms with van der Waals surface area (Å²) < 4.78 is 3.08. The molecule has 4 heteroatoms. The molecule has 0 saturated carbocycles. The Hall–Kier alpha value is -2.07. The number of benzene rings is 2. The molecular weight excluding hydrogens is 352 g/mol. The molecule has 4 rings (SSSR count). The summed E-state index contributed by atoms with van der Waals surface area (Å²) in [6, 6.07) is 16.4. The quantitative estimate of drug-likeness (QED) is 0.658. The first-order valence-corrected chi connectivity index (χ1v) is 8.64. The van der Waals surface area contributed by atoms with E-state index >= 15 is 0 Å². The van der Waals surface area contributed by atoms with E-state index in [1.54, 1.807) is 0 Å². The number of rotatable bonds is 2. The molecule has 0 atom stereocenters. The van der Waals surface area contributed by atoms with Crippen LogP contribution in [0.4, 0.5) is 5.69 Å². The molecule has 2 aromatic carbocycles. The number of nitrogens with zero attached hydrogens (tertiary/aromatic N) is 2. The summed E-state index contributed by atoms with van der Waals surface area (Å²) in [6.45, 7) is 1.18. The van der Waals surface area contributed by atoms with Crippen LogP contribution in [-0.4, -0.2) is 17.0 Å². The van der Waals surface area contributed by atoms with Gasteiger partial charge < -0.3 is 9.47 Å². The van der Waals surface area contributed by atoms with E-state index in [1.807, 2.05) is 33.9 Å². The minimum absolute atomic E-state index is 0.151. The maximum absolute atomic E-state index is 12.8. The summed E-state index contributed by atoms with van der Waals surface area (Å²) in [7, 11) is 0. The summed E-state index contributed by atoms with van der Waals surface area (Å²) in [5.74, 6) is 0.151. The third-order valence-electron chi connectivity index (χ3n) is 4.45. The second-order valence-corrected chi connectivity index (χ2v) is 6.84. The molecule has 0 unspecified atom stereocenters. The van der Waals surface area contributed by atoms with Crippen molar-refractivity contribution in [3.05, 3.63) is 64.8 Å².